The Morgan fingerprint density at radius 2 is 2.09 bits per heavy atom. The zero-order chi connectivity index (χ0) is 14.9. The Morgan fingerprint density at radius 3 is 2.95 bits per heavy atom. The summed E-state index contributed by atoms with van der Waals surface area (Å²) in [6, 6.07) is 7.93. The van der Waals surface area contributed by atoms with E-state index < -0.39 is 0 Å². The van der Waals surface area contributed by atoms with Gasteiger partial charge in [0.05, 0.1) is 5.69 Å². The molecule has 4 heteroatoms. The molecule has 108 valence electrons. The molecule has 2 heterocycles. The number of fused-ring (bicyclic) bond motifs is 2. The van der Waals surface area contributed by atoms with E-state index in [1.54, 1.807) is 17.3 Å². The number of benzene rings is 1. The molecule has 2 aromatic rings. The molecule has 0 unspecified atom stereocenters. The lowest BCUT2D eigenvalue weighted by Gasteiger charge is -2.21. The molecule has 0 radical (unpaired) electrons. The van der Waals surface area contributed by atoms with Crippen molar-refractivity contribution in [3.8, 4) is 0 Å². The molecule has 0 N–H and O–H groups in total. The number of amides is 1. The number of carbonyl (C=O) groups is 1. The van der Waals surface area contributed by atoms with Crippen LogP contribution in [0.4, 0.5) is 10.5 Å². The standard InChI is InChI=1S/C18H15N3O/c22-18(20-12-10-19-13-20)21-11-9-14-5-1-2-6-15(14)16-7-3-4-8-17(16)21/h1,3-5,7-13H,2,6H2. The van der Waals surface area contributed by atoms with Crippen LogP contribution in [0, 0.1) is 0 Å². The number of rotatable bonds is 0. The number of nitrogens with zero attached hydrogens (tertiary/aromatic N) is 3. The quantitative estimate of drug-likeness (QED) is 0.735. The van der Waals surface area contributed by atoms with Gasteiger partial charge < -0.3 is 0 Å². The zero-order valence-corrected chi connectivity index (χ0v) is 12.0. The molecule has 1 aliphatic heterocycles. The SMILES string of the molecule is O=C(N1C=CC2=C(CCC=C2)c2ccccc21)n1ccnc1. The van der Waals surface area contributed by atoms with Crippen molar-refractivity contribution in [3.63, 3.8) is 0 Å². The molecule has 0 spiro atoms. The first-order chi connectivity index (χ1) is 10.8. The number of anilines is 1. The van der Waals surface area contributed by atoms with Crippen molar-refractivity contribution in [2.75, 3.05) is 4.90 Å². The molecular formula is C18H15N3O. The maximum absolute atomic E-state index is 12.7. The molecule has 0 saturated heterocycles. The average Bonchev–Trinajstić information content (AvgIpc) is 3.05. The van der Waals surface area contributed by atoms with Crippen LogP contribution in [0.5, 0.6) is 0 Å². The Balaban J connectivity index is 1.86. The smallest absolute Gasteiger partial charge is 0.268 e. The van der Waals surface area contributed by atoms with Gasteiger partial charge in [0.2, 0.25) is 0 Å². The zero-order valence-electron chi connectivity index (χ0n) is 12.0. The Kier molecular flexibility index (Phi) is 3.00. The maximum Gasteiger partial charge on any atom is 0.338 e. The number of hydrogen-bond acceptors (Lipinski definition) is 2. The minimum absolute atomic E-state index is 0.134. The highest BCUT2D eigenvalue weighted by atomic mass is 16.2. The van der Waals surface area contributed by atoms with Gasteiger partial charge in [-0.1, -0.05) is 30.4 Å². The van der Waals surface area contributed by atoms with Crippen LogP contribution in [0.1, 0.15) is 18.4 Å². The lowest BCUT2D eigenvalue weighted by atomic mass is 9.91. The third kappa shape index (κ3) is 2.00. The van der Waals surface area contributed by atoms with Crippen LogP contribution in [0.2, 0.25) is 0 Å². The van der Waals surface area contributed by atoms with Crippen LogP contribution < -0.4 is 4.90 Å². The van der Waals surface area contributed by atoms with Crippen molar-refractivity contribution in [1.29, 1.82) is 0 Å². The topological polar surface area (TPSA) is 38.1 Å². The highest BCUT2D eigenvalue weighted by molar-refractivity contribution is 6.00. The summed E-state index contributed by atoms with van der Waals surface area (Å²) in [5.41, 5.74) is 4.52. The molecule has 1 amide bonds. The second-order valence-electron chi connectivity index (χ2n) is 5.33. The fourth-order valence-electron chi connectivity index (χ4n) is 2.97. The van der Waals surface area contributed by atoms with E-state index in [1.165, 1.54) is 22.0 Å². The molecule has 0 saturated carbocycles. The van der Waals surface area contributed by atoms with Crippen molar-refractivity contribution >= 4 is 17.3 Å². The van der Waals surface area contributed by atoms with Crippen LogP contribution in [-0.4, -0.2) is 15.6 Å². The Hall–Kier alpha value is -2.88. The molecule has 1 aromatic heterocycles. The second-order valence-corrected chi connectivity index (χ2v) is 5.33. The Morgan fingerprint density at radius 1 is 1.18 bits per heavy atom. The highest BCUT2D eigenvalue weighted by Crippen LogP contribution is 2.37. The van der Waals surface area contributed by atoms with E-state index in [0.717, 1.165) is 24.1 Å². The number of carbonyl (C=O) groups excluding carboxylic acids is 1. The van der Waals surface area contributed by atoms with E-state index in [2.05, 4.69) is 23.2 Å². The fraction of sp³-hybridized carbons (Fsp3) is 0.111. The lowest BCUT2D eigenvalue weighted by Crippen LogP contribution is -2.29. The van der Waals surface area contributed by atoms with Gasteiger partial charge in [-0.25, -0.2) is 9.78 Å². The van der Waals surface area contributed by atoms with E-state index in [0.29, 0.717) is 0 Å². The normalized spacial score (nSPS) is 16.3. The summed E-state index contributed by atoms with van der Waals surface area (Å²) >= 11 is 0. The predicted molar refractivity (Wildman–Crippen MR) is 86.4 cm³/mol. The third-order valence-corrected chi connectivity index (χ3v) is 4.03. The lowest BCUT2D eigenvalue weighted by molar-refractivity contribution is 0.249. The summed E-state index contributed by atoms with van der Waals surface area (Å²) in [6.45, 7) is 0. The summed E-state index contributed by atoms with van der Waals surface area (Å²) < 4.78 is 1.49. The highest BCUT2D eigenvalue weighted by Gasteiger charge is 2.23. The van der Waals surface area contributed by atoms with Crippen LogP contribution in [-0.2, 0) is 0 Å². The Labute approximate surface area is 128 Å². The van der Waals surface area contributed by atoms with E-state index >= 15 is 0 Å². The number of imidazole rings is 1. The van der Waals surface area contributed by atoms with E-state index in [1.807, 2.05) is 30.5 Å². The van der Waals surface area contributed by atoms with Gasteiger partial charge in [0.15, 0.2) is 0 Å². The summed E-state index contributed by atoms with van der Waals surface area (Å²) in [6.07, 6.45) is 15.0. The van der Waals surface area contributed by atoms with Crippen LogP contribution >= 0.6 is 0 Å². The monoisotopic (exact) mass is 289 g/mol. The van der Waals surface area contributed by atoms with Crippen molar-refractivity contribution in [1.82, 2.24) is 9.55 Å². The molecular weight excluding hydrogens is 274 g/mol. The maximum atomic E-state index is 12.7. The summed E-state index contributed by atoms with van der Waals surface area (Å²) in [5, 5.41) is 0. The molecule has 2 aliphatic rings. The number of allylic oxidation sites excluding steroid dienone is 5. The van der Waals surface area contributed by atoms with Gasteiger partial charge in [0.1, 0.15) is 6.33 Å². The average molecular weight is 289 g/mol. The minimum Gasteiger partial charge on any atom is -0.268 e. The van der Waals surface area contributed by atoms with Crippen molar-refractivity contribution in [2.45, 2.75) is 12.8 Å². The van der Waals surface area contributed by atoms with Crippen molar-refractivity contribution in [2.24, 2.45) is 0 Å². The van der Waals surface area contributed by atoms with Gasteiger partial charge in [-0.3, -0.25) is 9.47 Å². The molecule has 4 rings (SSSR count). The number of para-hydroxylation sites is 1. The predicted octanol–water partition coefficient (Wildman–Crippen LogP) is 3.99. The van der Waals surface area contributed by atoms with Gasteiger partial charge in [0.25, 0.3) is 0 Å². The molecule has 0 fully saturated rings. The van der Waals surface area contributed by atoms with Gasteiger partial charge in [-0.15, -0.1) is 0 Å². The van der Waals surface area contributed by atoms with E-state index in [-0.39, 0.29) is 6.03 Å². The molecule has 1 aromatic carbocycles. The Bertz CT molecular complexity index is 813. The van der Waals surface area contributed by atoms with E-state index in [4.69, 9.17) is 0 Å². The molecule has 1 aliphatic carbocycles. The van der Waals surface area contributed by atoms with Gasteiger partial charge in [0, 0.05) is 24.2 Å². The largest absolute Gasteiger partial charge is 0.338 e. The van der Waals surface area contributed by atoms with E-state index in [9.17, 15) is 4.79 Å². The second kappa shape index (κ2) is 5.15. The first kappa shape index (κ1) is 12.8. The van der Waals surface area contributed by atoms with Gasteiger partial charge in [-0.2, -0.15) is 0 Å². The fourth-order valence-corrected chi connectivity index (χ4v) is 2.97. The molecule has 22 heavy (non-hydrogen) atoms. The summed E-state index contributed by atoms with van der Waals surface area (Å²) in [5.74, 6) is 0. The number of aromatic nitrogens is 2. The molecule has 4 nitrogen and oxygen atoms in total. The minimum atomic E-state index is -0.134. The molecule has 0 bridgehead atoms. The summed E-state index contributed by atoms with van der Waals surface area (Å²) in [4.78, 5) is 18.4. The van der Waals surface area contributed by atoms with Crippen LogP contribution in [0.3, 0.4) is 0 Å². The van der Waals surface area contributed by atoms with Crippen molar-refractivity contribution < 1.29 is 4.79 Å². The van der Waals surface area contributed by atoms with Gasteiger partial charge >= 0.3 is 6.03 Å². The van der Waals surface area contributed by atoms with Crippen LogP contribution in [0.15, 0.2) is 73.0 Å². The van der Waals surface area contributed by atoms with Crippen LogP contribution in [0.25, 0.3) is 5.57 Å². The van der Waals surface area contributed by atoms with Crippen molar-refractivity contribution in [3.05, 3.63) is 78.6 Å². The van der Waals surface area contributed by atoms with Gasteiger partial charge in [-0.05, 0) is 36.1 Å². The first-order valence-electron chi connectivity index (χ1n) is 7.33. The molecule has 0 atom stereocenters. The summed E-state index contributed by atoms with van der Waals surface area (Å²) in [7, 11) is 0. The third-order valence-electron chi connectivity index (χ3n) is 4.03. The first-order valence-corrected chi connectivity index (χ1v) is 7.33. The number of hydrogen-bond donors (Lipinski definition) is 0.